The lowest BCUT2D eigenvalue weighted by atomic mass is 10.0. The van der Waals surface area contributed by atoms with E-state index in [4.69, 9.17) is 13.9 Å². The molecule has 1 heterocycles. The molecular formula is C27H23NO5. The van der Waals surface area contributed by atoms with Crippen molar-refractivity contribution in [3.8, 4) is 11.5 Å². The normalized spacial score (nSPS) is 11.0. The minimum atomic E-state index is -0.309. The lowest BCUT2D eigenvalue weighted by Gasteiger charge is -2.08. The van der Waals surface area contributed by atoms with Crippen molar-refractivity contribution in [1.82, 2.24) is 0 Å². The molecule has 6 heteroatoms. The number of methoxy groups -OCH3 is 2. The number of amides is 1. The molecule has 1 amide bonds. The van der Waals surface area contributed by atoms with Gasteiger partial charge in [0.05, 0.1) is 19.8 Å². The van der Waals surface area contributed by atoms with E-state index in [9.17, 15) is 9.59 Å². The molecule has 1 N–H and O–H groups in total. The van der Waals surface area contributed by atoms with E-state index >= 15 is 0 Å². The molecule has 0 aliphatic heterocycles. The zero-order valence-corrected chi connectivity index (χ0v) is 18.5. The molecule has 4 aromatic rings. The maximum absolute atomic E-state index is 13.3. The number of carbonyl (C=O) groups is 2. The number of ketones is 1. The highest BCUT2D eigenvalue weighted by Gasteiger charge is 2.23. The van der Waals surface area contributed by atoms with Crippen molar-refractivity contribution < 1.29 is 23.5 Å². The molecule has 0 atom stereocenters. The predicted octanol–water partition coefficient (Wildman–Crippen LogP) is 5.64. The number of carbonyl (C=O) groups excluding carboxylic acids is 2. The Morgan fingerprint density at radius 2 is 1.73 bits per heavy atom. The lowest BCUT2D eigenvalue weighted by molar-refractivity contribution is -0.111. The van der Waals surface area contributed by atoms with Gasteiger partial charge in [0, 0.05) is 28.8 Å². The number of anilines is 1. The van der Waals surface area contributed by atoms with Gasteiger partial charge in [-0.3, -0.25) is 9.59 Å². The lowest BCUT2D eigenvalue weighted by Crippen LogP contribution is -2.07. The zero-order chi connectivity index (χ0) is 23.4. The van der Waals surface area contributed by atoms with Gasteiger partial charge in [-0.15, -0.1) is 0 Å². The van der Waals surface area contributed by atoms with Crippen molar-refractivity contribution >= 4 is 34.4 Å². The summed E-state index contributed by atoms with van der Waals surface area (Å²) in [5.74, 6) is 0.610. The van der Waals surface area contributed by atoms with Gasteiger partial charge >= 0.3 is 0 Å². The first-order valence-electron chi connectivity index (χ1n) is 10.3. The molecule has 0 spiro atoms. The summed E-state index contributed by atoms with van der Waals surface area (Å²) in [6.45, 7) is 1.83. The van der Waals surface area contributed by atoms with Crippen molar-refractivity contribution in [2.45, 2.75) is 6.92 Å². The van der Waals surface area contributed by atoms with E-state index in [-0.39, 0.29) is 17.5 Å². The number of rotatable bonds is 7. The average Bonchev–Trinajstić information content (AvgIpc) is 3.18. The first-order chi connectivity index (χ1) is 16.0. The second-order valence-electron chi connectivity index (χ2n) is 7.40. The van der Waals surface area contributed by atoms with Gasteiger partial charge < -0.3 is 19.2 Å². The van der Waals surface area contributed by atoms with Crippen LogP contribution in [0.2, 0.25) is 0 Å². The quantitative estimate of drug-likeness (QED) is 0.297. The van der Waals surface area contributed by atoms with Crippen LogP contribution in [0, 0.1) is 6.92 Å². The van der Waals surface area contributed by atoms with E-state index in [0.717, 1.165) is 10.9 Å². The molecule has 0 saturated carbocycles. The van der Waals surface area contributed by atoms with Gasteiger partial charge in [-0.25, -0.2) is 0 Å². The Morgan fingerprint density at radius 3 is 2.45 bits per heavy atom. The Bertz CT molecular complexity index is 1350. The van der Waals surface area contributed by atoms with E-state index in [2.05, 4.69) is 5.32 Å². The van der Waals surface area contributed by atoms with Crippen molar-refractivity contribution in [1.29, 1.82) is 0 Å². The molecule has 0 saturated heterocycles. The summed E-state index contributed by atoms with van der Waals surface area (Å²) in [5.41, 5.74) is 3.06. The highest BCUT2D eigenvalue weighted by molar-refractivity contribution is 6.12. The number of ether oxygens (including phenoxy) is 2. The van der Waals surface area contributed by atoms with Crippen LogP contribution in [0.4, 0.5) is 5.69 Å². The first-order valence-corrected chi connectivity index (χ1v) is 10.3. The second kappa shape index (κ2) is 9.44. The minimum Gasteiger partial charge on any atom is -0.497 e. The second-order valence-corrected chi connectivity index (χ2v) is 7.40. The molecule has 166 valence electrons. The van der Waals surface area contributed by atoms with Crippen LogP contribution in [0.25, 0.3) is 17.0 Å². The van der Waals surface area contributed by atoms with Gasteiger partial charge in [-0.1, -0.05) is 30.3 Å². The van der Waals surface area contributed by atoms with Crippen LogP contribution in [0.1, 0.15) is 27.2 Å². The number of aryl methyl sites for hydroxylation is 1. The fraction of sp³-hybridized carbons (Fsp3) is 0.111. The summed E-state index contributed by atoms with van der Waals surface area (Å²) in [6, 6.07) is 19.9. The maximum Gasteiger partial charge on any atom is 0.248 e. The Labute approximate surface area is 191 Å². The molecule has 0 bridgehead atoms. The molecule has 6 nitrogen and oxygen atoms in total. The molecule has 3 aromatic carbocycles. The topological polar surface area (TPSA) is 77.8 Å². The van der Waals surface area contributed by atoms with Gasteiger partial charge in [-0.2, -0.15) is 0 Å². The van der Waals surface area contributed by atoms with Gasteiger partial charge in [-0.05, 0) is 48.9 Å². The van der Waals surface area contributed by atoms with Crippen LogP contribution in [-0.2, 0) is 4.79 Å². The maximum atomic E-state index is 13.3. The molecule has 4 rings (SSSR count). The standard InChI is InChI=1S/C27H23NO5/c1-17-21-12-10-19(28-25(29)14-9-18-7-5-4-6-8-18)15-24(21)33-27(17)26(30)22-16-20(31-2)11-13-23(22)32-3/h4-16H,1-3H3,(H,28,29). The third-order valence-electron chi connectivity index (χ3n) is 5.29. The van der Waals surface area contributed by atoms with Crippen molar-refractivity contribution in [3.05, 3.63) is 95.3 Å². The summed E-state index contributed by atoms with van der Waals surface area (Å²) in [4.78, 5) is 25.6. The van der Waals surface area contributed by atoms with E-state index < -0.39 is 0 Å². The number of benzene rings is 3. The van der Waals surface area contributed by atoms with Gasteiger partial charge in [0.15, 0.2) is 5.76 Å². The van der Waals surface area contributed by atoms with E-state index in [1.54, 1.807) is 36.4 Å². The minimum absolute atomic E-state index is 0.212. The molecular weight excluding hydrogens is 418 g/mol. The summed E-state index contributed by atoms with van der Waals surface area (Å²) in [5, 5.41) is 3.61. The van der Waals surface area contributed by atoms with Crippen LogP contribution in [0.5, 0.6) is 11.5 Å². The Kier molecular flexibility index (Phi) is 6.26. The van der Waals surface area contributed by atoms with Crippen molar-refractivity contribution in [2.24, 2.45) is 0 Å². The fourth-order valence-electron chi connectivity index (χ4n) is 3.55. The Balaban J connectivity index is 1.60. The monoisotopic (exact) mass is 441 g/mol. The third-order valence-corrected chi connectivity index (χ3v) is 5.29. The van der Waals surface area contributed by atoms with Crippen molar-refractivity contribution in [3.63, 3.8) is 0 Å². The summed E-state index contributed by atoms with van der Waals surface area (Å²) < 4.78 is 16.5. The molecule has 0 aliphatic rings. The Morgan fingerprint density at radius 1 is 0.939 bits per heavy atom. The number of hydrogen-bond acceptors (Lipinski definition) is 5. The van der Waals surface area contributed by atoms with Gasteiger partial charge in [0.25, 0.3) is 0 Å². The molecule has 0 aliphatic carbocycles. The average molecular weight is 441 g/mol. The molecule has 33 heavy (non-hydrogen) atoms. The molecule has 0 unspecified atom stereocenters. The van der Waals surface area contributed by atoms with E-state index in [0.29, 0.717) is 33.9 Å². The third kappa shape index (κ3) is 4.65. The smallest absolute Gasteiger partial charge is 0.248 e. The van der Waals surface area contributed by atoms with Crippen LogP contribution in [-0.4, -0.2) is 25.9 Å². The van der Waals surface area contributed by atoms with Gasteiger partial charge in [0.1, 0.15) is 17.1 Å². The Hall–Kier alpha value is -4.32. The predicted molar refractivity (Wildman–Crippen MR) is 128 cm³/mol. The summed E-state index contributed by atoms with van der Waals surface area (Å²) in [7, 11) is 3.04. The number of hydrogen-bond donors (Lipinski definition) is 1. The largest absolute Gasteiger partial charge is 0.497 e. The highest BCUT2D eigenvalue weighted by Crippen LogP contribution is 2.32. The van der Waals surface area contributed by atoms with E-state index in [1.165, 1.54) is 20.3 Å². The highest BCUT2D eigenvalue weighted by atomic mass is 16.5. The molecule has 1 aromatic heterocycles. The SMILES string of the molecule is COc1ccc(OC)c(C(=O)c2oc3cc(NC(=O)C=Cc4ccccc4)ccc3c2C)c1. The number of furan rings is 1. The van der Waals surface area contributed by atoms with E-state index in [1.807, 2.05) is 43.3 Å². The van der Waals surface area contributed by atoms with Crippen LogP contribution < -0.4 is 14.8 Å². The van der Waals surface area contributed by atoms with Crippen LogP contribution in [0.15, 0.2) is 77.2 Å². The van der Waals surface area contributed by atoms with Crippen LogP contribution in [0.3, 0.4) is 0 Å². The van der Waals surface area contributed by atoms with Gasteiger partial charge in [0.2, 0.25) is 11.7 Å². The number of fused-ring (bicyclic) bond motifs is 1. The molecule has 0 radical (unpaired) electrons. The first kappa shape index (κ1) is 21.9. The fourth-order valence-corrected chi connectivity index (χ4v) is 3.55. The molecule has 0 fully saturated rings. The summed E-state index contributed by atoms with van der Waals surface area (Å²) >= 11 is 0. The van der Waals surface area contributed by atoms with Crippen LogP contribution >= 0.6 is 0 Å². The van der Waals surface area contributed by atoms with Crippen molar-refractivity contribution in [2.75, 3.05) is 19.5 Å². The zero-order valence-electron chi connectivity index (χ0n) is 18.5. The number of nitrogens with one attached hydrogen (secondary N) is 1. The summed E-state index contributed by atoms with van der Waals surface area (Å²) in [6.07, 6.45) is 3.21.